The third kappa shape index (κ3) is 3.12. The zero-order valence-electron chi connectivity index (χ0n) is 4.72. The molecule has 8 heavy (non-hydrogen) atoms. The largest absolute Gasteiger partial charge is 1.00 e. The number of pyridine rings is 1. The van der Waals surface area contributed by atoms with Crippen LogP contribution in [0.15, 0.2) is 24.5 Å². The number of hydrogen-bond acceptors (Lipinski definition) is 1. The normalized spacial score (nSPS) is 7.50. The van der Waals surface area contributed by atoms with Gasteiger partial charge < -0.3 is 4.98 Å². The van der Waals surface area contributed by atoms with Gasteiger partial charge in [-0.15, -0.1) is 0 Å². The molecule has 1 rings (SSSR count). The van der Waals surface area contributed by atoms with Crippen molar-refractivity contribution in [2.75, 3.05) is 0 Å². The third-order valence-electron chi connectivity index (χ3n) is 0.688. The molecule has 0 saturated heterocycles. The molecule has 3 heteroatoms. The van der Waals surface area contributed by atoms with Gasteiger partial charge in [-0.3, -0.25) is 0 Å². The molecule has 1 aromatic heterocycles. The Bertz CT molecular complexity index is 178. The van der Waals surface area contributed by atoms with Crippen LogP contribution in [0.3, 0.4) is 0 Å². The van der Waals surface area contributed by atoms with E-state index in [1.807, 2.05) is 24.5 Å². The topological polar surface area (TPSA) is 15.8 Å². The summed E-state index contributed by atoms with van der Waals surface area (Å²) in [4.78, 5) is 2.87. The predicted molar refractivity (Wildman–Crippen MR) is 31.6 cm³/mol. The van der Waals surface area contributed by atoms with Gasteiger partial charge in [0.05, 0.1) is 0 Å². The van der Waals surface area contributed by atoms with Crippen LogP contribution in [0.2, 0.25) is 0 Å². The van der Waals surface area contributed by atoms with E-state index in [1.165, 1.54) is 0 Å². The Kier molecular flexibility index (Phi) is 5.45. The Morgan fingerprint density at radius 1 is 1.25 bits per heavy atom. The van der Waals surface area contributed by atoms with Gasteiger partial charge in [-0.1, -0.05) is 12.2 Å². The first kappa shape index (κ1) is 9.01. The summed E-state index contributed by atoms with van der Waals surface area (Å²) < 4.78 is 0.874. The molecular formula is C5H5KNS+. The molecule has 1 nitrogen and oxygen atoms in total. The molecule has 0 spiro atoms. The second kappa shape index (κ2) is 4.85. The van der Waals surface area contributed by atoms with E-state index in [0.717, 1.165) is 4.51 Å². The maximum Gasteiger partial charge on any atom is 1.00 e. The van der Waals surface area contributed by atoms with Crippen molar-refractivity contribution in [3.63, 3.8) is 0 Å². The summed E-state index contributed by atoms with van der Waals surface area (Å²) in [7, 11) is 0. The summed E-state index contributed by atoms with van der Waals surface area (Å²) in [5.41, 5.74) is 0. The molecule has 1 heterocycles. The zero-order chi connectivity index (χ0) is 5.11. The van der Waals surface area contributed by atoms with Crippen molar-refractivity contribution in [3.8, 4) is 0 Å². The minimum atomic E-state index is 0. The maximum atomic E-state index is 4.79. The van der Waals surface area contributed by atoms with Crippen LogP contribution in [0.4, 0.5) is 0 Å². The molecule has 0 aliphatic heterocycles. The van der Waals surface area contributed by atoms with Crippen LogP contribution < -0.4 is 51.4 Å². The fourth-order valence-electron chi connectivity index (χ4n) is 0.372. The van der Waals surface area contributed by atoms with Gasteiger partial charge in [-0.2, -0.15) is 0 Å². The molecule has 0 unspecified atom stereocenters. The summed E-state index contributed by atoms with van der Waals surface area (Å²) in [6, 6.07) is 3.69. The van der Waals surface area contributed by atoms with E-state index in [1.54, 1.807) is 0 Å². The Morgan fingerprint density at radius 3 is 2.00 bits per heavy atom. The second-order valence-electron chi connectivity index (χ2n) is 1.24. The quantitative estimate of drug-likeness (QED) is 0.361. The van der Waals surface area contributed by atoms with Crippen LogP contribution in [0, 0.1) is 4.51 Å². The average molecular weight is 150 g/mol. The average Bonchev–Trinajstić information content (AvgIpc) is 1.69. The van der Waals surface area contributed by atoms with Crippen molar-refractivity contribution in [1.29, 1.82) is 0 Å². The van der Waals surface area contributed by atoms with Crippen LogP contribution in [-0.4, -0.2) is 4.98 Å². The molecule has 0 amide bonds. The minimum Gasteiger partial charge on any atom is -0.368 e. The van der Waals surface area contributed by atoms with E-state index in [0.29, 0.717) is 0 Å². The zero-order valence-corrected chi connectivity index (χ0v) is 8.66. The van der Waals surface area contributed by atoms with Crippen molar-refractivity contribution >= 4 is 12.2 Å². The van der Waals surface area contributed by atoms with Gasteiger partial charge in [0.25, 0.3) is 0 Å². The van der Waals surface area contributed by atoms with Gasteiger partial charge in [0.2, 0.25) is 0 Å². The molecule has 0 saturated carbocycles. The fraction of sp³-hybridized carbons (Fsp3) is 0. The van der Waals surface area contributed by atoms with Gasteiger partial charge in [0, 0.05) is 16.9 Å². The van der Waals surface area contributed by atoms with E-state index in [-0.39, 0.29) is 51.4 Å². The first-order valence-corrected chi connectivity index (χ1v) is 2.43. The van der Waals surface area contributed by atoms with Crippen molar-refractivity contribution in [2.24, 2.45) is 0 Å². The van der Waals surface area contributed by atoms with Crippen LogP contribution in [-0.2, 0) is 0 Å². The van der Waals surface area contributed by atoms with Crippen molar-refractivity contribution < 1.29 is 51.4 Å². The van der Waals surface area contributed by atoms with Crippen LogP contribution >= 0.6 is 12.2 Å². The third-order valence-corrected chi connectivity index (χ3v) is 0.960. The van der Waals surface area contributed by atoms with Gasteiger partial charge in [0.1, 0.15) is 0 Å². The van der Waals surface area contributed by atoms with E-state index < -0.39 is 0 Å². The molecule has 1 N–H and O–H groups in total. The summed E-state index contributed by atoms with van der Waals surface area (Å²) in [6.07, 6.45) is 3.62. The first-order chi connectivity index (χ1) is 3.39. The Morgan fingerprint density at radius 2 is 1.75 bits per heavy atom. The van der Waals surface area contributed by atoms with Crippen LogP contribution in [0.5, 0.6) is 0 Å². The molecule has 0 bridgehead atoms. The van der Waals surface area contributed by atoms with Gasteiger partial charge in [-0.05, 0) is 12.1 Å². The summed E-state index contributed by atoms with van der Waals surface area (Å²) in [5, 5.41) is 0. The monoisotopic (exact) mass is 150 g/mol. The van der Waals surface area contributed by atoms with E-state index >= 15 is 0 Å². The molecular weight excluding hydrogens is 145 g/mol. The summed E-state index contributed by atoms with van der Waals surface area (Å²) in [6.45, 7) is 0. The SMILES string of the molecule is S=c1cc[nH]cc1.[K+]. The number of rotatable bonds is 0. The Labute approximate surface area is 95.9 Å². The molecule has 36 valence electrons. The summed E-state index contributed by atoms with van der Waals surface area (Å²) >= 11 is 4.79. The molecule has 1 aromatic rings. The van der Waals surface area contributed by atoms with Gasteiger partial charge in [-0.25, -0.2) is 0 Å². The maximum absolute atomic E-state index is 4.79. The Balaban J connectivity index is 0.000000490. The standard InChI is InChI=1S/C5H5NS.K/c7-5-1-3-6-4-2-5;/h1-4H,(H,6,7);/q;+1. The molecule has 0 fully saturated rings. The number of aromatic nitrogens is 1. The number of nitrogens with one attached hydrogen (secondary N) is 1. The Hall–Kier alpha value is 1.01. The minimum absolute atomic E-state index is 0. The molecule has 0 aliphatic carbocycles. The van der Waals surface area contributed by atoms with E-state index in [4.69, 9.17) is 12.2 Å². The van der Waals surface area contributed by atoms with Gasteiger partial charge in [0.15, 0.2) is 0 Å². The molecule has 0 aromatic carbocycles. The number of aromatic amines is 1. The van der Waals surface area contributed by atoms with E-state index in [2.05, 4.69) is 4.98 Å². The van der Waals surface area contributed by atoms with Crippen molar-refractivity contribution in [1.82, 2.24) is 4.98 Å². The molecule has 0 radical (unpaired) electrons. The molecule has 0 atom stereocenters. The van der Waals surface area contributed by atoms with Gasteiger partial charge >= 0.3 is 51.4 Å². The molecule has 0 aliphatic rings. The second-order valence-corrected chi connectivity index (χ2v) is 1.71. The number of hydrogen-bond donors (Lipinski definition) is 1. The fourth-order valence-corrected chi connectivity index (χ4v) is 0.508. The van der Waals surface area contributed by atoms with Crippen molar-refractivity contribution in [3.05, 3.63) is 29.0 Å². The smallest absolute Gasteiger partial charge is 0.368 e. The van der Waals surface area contributed by atoms with Crippen molar-refractivity contribution in [2.45, 2.75) is 0 Å². The first-order valence-electron chi connectivity index (χ1n) is 2.03. The van der Waals surface area contributed by atoms with Crippen LogP contribution in [0.25, 0.3) is 0 Å². The predicted octanol–water partition coefficient (Wildman–Crippen LogP) is -1.25. The van der Waals surface area contributed by atoms with E-state index in [9.17, 15) is 0 Å². The number of H-pyrrole nitrogens is 1. The van der Waals surface area contributed by atoms with Crippen LogP contribution in [0.1, 0.15) is 0 Å². The summed E-state index contributed by atoms with van der Waals surface area (Å²) in [5.74, 6) is 0.